The van der Waals surface area contributed by atoms with Crippen molar-refractivity contribution in [3.8, 4) is 0 Å². The van der Waals surface area contributed by atoms with E-state index in [2.05, 4.69) is 10.9 Å². The van der Waals surface area contributed by atoms with Crippen LogP contribution in [0.25, 0.3) is 0 Å². The molecule has 2 amide bonds. The predicted octanol–water partition coefficient (Wildman–Crippen LogP) is 2.12. The molecular formula is C15H21N3O3. The molecule has 0 aromatic heterocycles. The van der Waals surface area contributed by atoms with Gasteiger partial charge in [0, 0.05) is 19.2 Å². The minimum Gasteiger partial charge on any atom is -0.443 e. The molecule has 0 radical (unpaired) electrons. The van der Waals surface area contributed by atoms with E-state index in [0.29, 0.717) is 0 Å². The lowest BCUT2D eigenvalue weighted by Crippen LogP contribution is -2.46. The first kappa shape index (κ1) is 15.3. The summed E-state index contributed by atoms with van der Waals surface area (Å²) >= 11 is 0. The van der Waals surface area contributed by atoms with Gasteiger partial charge in [-0.15, -0.1) is 0 Å². The molecule has 21 heavy (non-hydrogen) atoms. The number of fused-ring (bicyclic) bond motifs is 1. The first-order chi connectivity index (χ1) is 9.78. The SMILES string of the molecule is CN1C(=O)CC(NNC(=O)OC(C)(C)C)c2ccccc21. The van der Waals surface area contributed by atoms with Crippen LogP contribution in [0.3, 0.4) is 0 Å². The minimum absolute atomic E-state index is 0.00260. The summed E-state index contributed by atoms with van der Waals surface area (Å²) in [7, 11) is 1.75. The Bertz CT molecular complexity index is 551. The molecule has 0 bridgehead atoms. The molecule has 6 nitrogen and oxygen atoms in total. The van der Waals surface area contributed by atoms with Crippen LogP contribution in [-0.2, 0) is 9.53 Å². The van der Waals surface area contributed by atoms with Gasteiger partial charge in [0.2, 0.25) is 5.91 Å². The second-order valence-electron chi connectivity index (χ2n) is 6.04. The Balaban J connectivity index is 2.06. The van der Waals surface area contributed by atoms with Crippen molar-refractivity contribution >= 4 is 17.7 Å². The van der Waals surface area contributed by atoms with Crippen molar-refractivity contribution in [3.05, 3.63) is 29.8 Å². The molecule has 2 rings (SSSR count). The lowest BCUT2D eigenvalue weighted by atomic mass is 9.97. The van der Waals surface area contributed by atoms with E-state index in [1.54, 1.807) is 32.7 Å². The molecule has 0 saturated heterocycles. The molecule has 1 aliphatic heterocycles. The third-order valence-corrected chi connectivity index (χ3v) is 3.17. The smallest absolute Gasteiger partial charge is 0.422 e. The van der Waals surface area contributed by atoms with Gasteiger partial charge in [-0.25, -0.2) is 10.2 Å². The van der Waals surface area contributed by atoms with Gasteiger partial charge in [0.25, 0.3) is 0 Å². The molecule has 1 aliphatic rings. The highest BCUT2D eigenvalue weighted by molar-refractivity contribution is 5.96. The summed E-state index contributed by atoms with van der Waals surface area (Å²) in [6, 6.07) is 7.34. The average molecular weight is 291 g/mol. The fraction of sp³-hybridized carbons (Fsp3) is 0.467. The van der Waals surface area contributed by atoms with Crippen molar-refractivity contribution in [1.29, 1.82) is 0 Å². The number of nitrogens with one attached hydrogen (secondary N) is 2. The summed E-state index contributed by atoms with van der Waals surface area (Å²) in [5.41, 5.74) is 6.63. The first-order valence-electron chi connectivity index (χ1n) is 6.88. The van der Waals surface area contributed by atoms with Crippen molar-refractivity contribution in [3.63, 3.8) is 0 Å². The molecule has 0 spiro atoms. The maximum Gasteiger partial charge on any atom is 0.422 e. The maximum absolute atomic E-state index is 12.0. The van der Waals surface area contributed by atoms with E-state index in [-0.39, 0.29) is 18.4 Å². The van der Waals surface area contributed by atoms with Gasteiger partial charge in [-0.1, -0.05) is 18.2 Å². The maximum atomic E-state index is 12.0. The molecule has 114 valence electrons. The van der Waals surface area contributed by atoms with E-state index in [1.807, 2.05) is 24.3 Å². The number of carbonyl (C=O) groups excluding carboxylic acids is 2. The van der Waals surface area contributed by atoms with Crippen LogP contribution in [0.1, 0.15) is 38.8 Å². The van der Waals surface area contributed by atoms with Crippen molar-refractivity contribution < 1.29 is 14.3 Å². The molecule has 1 aromatic rings. The monoisotopic (exact) mass is 291 g/mol. The number of rotatable bonds is 2. The number of nitrogens with zero attached hydrogens (tertiary/aromatic N) is 1. The van der Waals surface area contributed by atoms with Crippen LogP contribution in [0.4, 0.5) is 10.5 Å². The lowest BCUT2D eigenvalue weighted by molar-refractivity contribution is -0.119. The number of hydrazine groups is 1. The normalized spacial score (nSPS) is 18.2. The summed E-state index contributed by atoms with van der Waals surface area (Å²) in [5, 5.41) is 0. The van der Waals surface area contributed by atoms with Gasteiger partial charge in [-0.05, 0) is 32.4 Å². The van der Waals surface area contributed by atoms with Crippen LogP contribution in [0.5, 0.6) is 0 Å². The van der Waals surface area contributed by atoms with Gasteiger partial charge >= 0.3 is 6.09 Å². The highest BCUT2D eigenvalue weighted by Crippen LogP contribution is 2.32. The standard InChI is InChI=1S/C15H21N3O3/c1-15(2,3)21-14(20)17-16-11-9-13(19)18(4)12-8-6-5-7-10(11)12/h5-8,11,16H,9H2,1-4H3,(H,17,20). The van der Waals surface area contributed by atoms with Gasteiger partial charge < -0.3 is 9.64 Å². The fourth-order valence-electron chi connectivity index (χ4n) is 2.22. The highest BCUT2D eigenvalue weighted by atomic mass is 16.6. The number of benzene rings is 1. The van der Waals surface area contributed by atoms with Gasteiger partial charge in [0.15, 0.2) is 0 Å². The van der Waals surface area contributed by atoms with Gasteiger partial charge in [-0.3, -0.25) is 10.2 Å². The predicted molar refractivity (Wildman–Crippen MR) is 79.7 cm³/mol. The average Bonchev–Trinajstić information content (AvgIpc) is 2.39. The molecule has 0 fully saturated rings. The summed E-state index contributed by atoms with van der Waals surface area (Å²) < 4.78 is 5.16. The van der Waals surface area contributed by atoms with Gasteiger partial charge in [-0.2, -0.15) is 0 Å². The number of anilines is 1. The highest BCUT2D eigenvalue weighted by Gasteiger charge is 2.29. The Kier molecular flexibility index (Phi) is 4.18. The Morgan fingerprint density at radius 2 is 2.00 bits per heavy atom. The van der Waals surface area contributed by atoms with E-state index >= 15 is 0 Å². The van der Waals surface area contributed by atoms with E-state index in [0.717, 1.165) is 11.3 Å². The third-order valence-electron chi connectivity index (χ3n) is 3.17. The molecule has 0 saturated carbocycles. The zero-order chi connectivity index (χ0) is 15.6. The van der Waals surface area contributed by atoms with Crippen LogP contribution in [0.2, 0.25) is 0 Å². The zero-order valence-corrected chi connectivity index (χ0v) is 12.8. The lowest BCUT2D eigenvalue weighted by Gasteiger charge is -2.32. The molecule has 1 atom stereocenters. The minimum atomic E-state index is -0.564. The Morgan fingerprint density at radius 3 is 2.67 bits per heavy atom. The van der Waals surface area contributed by atoms with Crippen molar-refractivity contribution in [2.24, 2.45) is 0 Å². The molecule has 6 heteroatoms. The third kappa shape index (κ3) is 3.72. The summed E-state index contributed by atoms with van der Waals surface area (Å²) in [4.78, 5) is 25.3. The Hall–Kier alpha value is -2.08. The Morgan fingerprint density at radius 1 is 1.33 bits per heavy atom. The Labute approximate surface area is 124 Å². The number of amides is 2. The van der Waals surface area contributed by atoms with Crippen LogP contribution in [0.15, 0.2) is 24.3 Å². The molecule has 1 aromatic carbocycles. The molecule has 0 aliphatic carbocycles. The van der Waals surface area contributed by atoms with Crippen molar-refractivity contribution in [2.75, 3.05) is 11.9 Å². The van der Waals surface area contributed by atoms with E-state index in [9.17, 15) is 9.59 Å². The number of hydrogen-bond acceptors (Lipinski definition) is 4. The number of carbonyl (C=O) groups is 2. The summed E-state index contributed by atoms with van der Waals surface area (Å²) in [6.07, 6.45) is -0.282. The second kappa shape index (κ2) is 5.73. The largest absolute Gasteiger partial charge is 0.443 e. The molecule has 2 N–H and O–H groups in total. The van der Waals surface area contributed by atoms with E-state index in [4.69, 9.17) is 4.74 Å². The molecule has 1 unspecified atom stereocenters. The van der Waals surface area contributed by atoms with Gasteiger partial charge in [0.05, 0.1) is 6.04 Å². The van der Waals surface area contributed by atoms with Crippen LogP contribution >= 0.6 is 0 Å². The van der Waals surface area contributed by atoms with Gasteiger partial charge in [0.1, 0.15) is 5.60 Å². The fourth-order valence-corrected chi connectivity index (χ4v) is 2.22. The molecular weight excluding hydrogens is 270 g/mol. The van der Waals surface area contributed by atoms with Crippen molar-refractivity contribution in [1.82, 2.24) is 10.9 Å². The second-order valence-corrected chi connectivity index (χ2v) is 6.04. The van der Waals surface area contributed by atoms with E-state index in [1.165, 1.54) is 0 Å². The number of hydrogen-bond donors (Lipinski definition) is 2. The van der Waals surface area contributed by atoms with Crippen LogP contribution in [-0.4, -0.2) is 24.6 Å². The molecule has 1 heterocycles. The quantitative estimate of drug-likeness (QED) is 0.819. The number of para-hydroxylation sites is 1. The first-order valence-corrected chi connectivity index (χ1v) is 6.88. The summed E-state index contributed by atoms with van der Waals surface area (Å²) in [5.74, 6) is -0.00260. The van der Waals surface area contributed by atoms with Crippen LogP contribution < -0.4 is 15.8 Å². The van der Waals surface area contributed by atoms with Crippen LogP contribution in [0, 0.1) is 0 Å². The topological polar surface area (TPSA) is 70.7 Å². The summed E-state index contributed by atoms with van der Waals surface area (Å²) in [6.45, 7) is 5.38. The van der Waals surface area contributed by atoms with Crippen molar-refractivity contribution in [2.45, 2.75) is 38.8 Å². The zero-order valence-electron chi connectivity index (χ0n) is 12.8. The number of ether oxygens (including phenoxy) is 1. The van der Waals surface area contributed by atoms with E-state index < -0.39 is 11.7 Å².